The third-order valence-corrected chi connectivity index (χ3v) is 2.23. The van der Waals surface area contributed by atoms with E-state index in [4.69, 9.17) is 0 Å². The molecule has 2 aliphatic heterocycles. The molecule has 1 unspecified atom stereocenters. The van der Waals surface area contributed by atoms with Crippen LogP contribution >= 0.6 is 0 Å². The van der Waals surface area contributed by atoms with Crippen molar-refractivity contribution in [3.63, 3.8) is 0 Å². The maximum absolute atomic E-state index is 4.38. The van der Waals surface area contributed by atoms with E-state index >= 15 is 0 Å². The fourth-order valence-electron chi connectivity index (χ4n) is 1.58. The highest BCUT2D eigenvalue weighted by Crippen LogP contribution is 2.31. The summed E-state index contributed by atoms with van der Waals surface area (Å²) < 4.78 is 0. The molecule has 3 nitrogen and oxygen atoms in total. The minimum absolute atomic E-state index is 0.136. The second-order valence-electron chi connectivity index (χ2n) is 4.41. The average Bonchev–Trinajstić information content (AvgIpc) is 2.48. The fourth-order valence-corrected chi connectivity index (χ4v) is 1.58. The van der Waals surface area contributed by atoms with Gasteiger partial charge in [-0.25, -0.2) is 4.99 Å². The van der Waals surface area contributed by atoms with E-state index in [2.05, 4.69) is 35.7 Å². The molecular formula is C10H13N3. The zero-order valence-electron chi connectivity index (χ0n) is 8.15. The minimum Gasteiger partial charge on any atom is -0.265 e. The highest BCUT2D eigenvalue weighted by molar-refractivity contribution is 6.41. The molecule has 0 radical (unpaired) electrons. The predicted molar refractivity (Wildman–Crippen MR) is 55.7 cm³/mol. The van der Waals surface area contributed by atoms with Crippen LogP contribution in [0.1, 0.15) is 20.8 Å². The lowest BCUT2D eigenvalue weighted by Crippen LogP contribution is -2.31. The van der Waals surface area contributed by atoms with Gasteiger partial charge in [-0.3, -0.25) is 9.98 Å². The molecule has 0 fully saturated rings. The molecule has 2 rings (SSSR count). The van der Waals surface area contributed by atoms with E-state index in [1.807, 2.05) is 6.20 Å². The minimum atomic E-state index is 0.136. The summed E-state index contributed by atoms with van der Waals surface area (Å²) in [7, 11) is 0. The van der Waals surface area contributed by atoms with Gasteiger partial charge in [0, 0.05) is 11.8 Å². The van der Waals surface area contributed by atoms with Crippen LogP contribution in [-0.2, 0) is 0 Å². The number of aliphatic imine (C=N–C) groups is 3. The lowest BCUT2D eigenvalue weighted by atomic mass is 9.81. The molecule has 0 spiro atoms. The van der Waals surface area contributed by atoms with Gasteiger partial charge in [0.2, 0.25) is 0 Å². The van der Waals surface area contributed by atoms with Crippen molar-refractivity contribution in [3.8, 4) is 0 Å². The van der Waals surface area contributed by atoms with Crippen molar-refractivity contribution in [2.24, 2.45) is 20.4 Å². The van der Waals surface area contributed by atoms with E-state index < -0.39 is 0 Å². The van der Waals surface area contributed by atoms with E-state index in [-0.39, 0.29) is 11.5 Å². The Hall–Kier alpha value is -1.25. The first-order valence-electron chi connectivity index (χ1n) is 4.42. The normalized spacial score (nSPS) is 25.6. The first-order chi connectivity index (χ1) is 6.09. The van der Waals surface area contributed by atoms with Gasteiger partial charge in [-0.1, -0.05) is 20.8 Å². The molecule has 0 aromatic rings. The summed E-state index contributed by atoms with van der Waals surface area (Å²) in [6.07, 6.45) is 5.30. The van der Waals surface area contributed by atoms with Gasteiger partial charge < -0.3 is 0 Å². The van der Waals surface area contributed by atoms with Crippen LogP contribution in [-0.4, -0.2) is 24.3 Å². The fraction of sp³-hybridized carbons (Fsp3) is 0.500. The third kappa shape index (κ3) is 1.34. The lowest BCUT2D eigenvalue weighted by Gasteiger charge is -2.29. The van der Waals surface area contributed by atoms with Gasteiger partial charge in [0.05, 0.1) is 18.0 Å². The van der Waals surface area contributed by atoms with Crippen LogP contribution in [0.5, 0.6) is 0 Å². The van der Waals surface area contributed by atoms with Crippen molar-refractivity contribution in [2.75, 3.05) is 0 Å². The molecule has 0 aliphatic carbocycles. The number of hydrogen-bond donors (Lipinski definition) is 0. The van der Waals surface area contributed by atoms with E-state index in [0.29, 0.717) is 0 Å². The smallest absolute Gasteiger partial charge is 0.111 e. The Morgan fingerprint density at radius 1 is 1.31 bits per heavy atom. The topological polar surface area (TPSA) is 37.1 Å². The molecule has 3 heteroatoms. The summed E-state index contributed by atoms with van der Waals surface area (Å²) in [5.74, 6) is 0. The molecule has 2 aliphatic rings. The van der Waals surface area contributed by atoms with E-state index in [1.165, 1.54) is 0 Å². The summed E-state index contributed by atoms with van der Waals surface area (Å²) in [4.78, 5) is 12.6. The van der Waals surface area contributed by atoms with Crippen molar-refractivity contribution < 1.29 is 0 Å². The van der Waals surface area contributed by atoms with Crippen molar-refractivity contribution in [3.05, 3.63) is 11.8 Å². The van der Waals surface area contributed by atoms with Crippen molar-refractivity contribution in [2.45, 2.75) is 26.8 Å². The molecule has 0 bridgehead atoms. The first-order valence-corrected chi connectivity index (χ1v) is 4.42. The van der Waals surface area contributed by atoms with Gasteiger partial charge >= 0.3 is 0 Å². The largest absolute Gasteiger partial charge is 0.265 e. The summed E-state index contributed by atoms with van der Waals surface area (Å²) in [5.41, 5.74) is 2.25. The Balaban J connectivity index is 2.36. The Bertz CT molecular complexity index is 340. The monoisotopic (exact) mass is 175 g/mol. The van der Waals surface area contributed by atoms with E-state index in [1.54, 1.807) is 12.6 Å². The number of hydrogen-bond acceptors (Lipinski definition) is 3. The number of nitrogens with zero attached hydrogens (tertiary/aromatic N) is 3. The summed E-state index contributed by atoms with van der Waals surface area (Å²) in [6.45, 7) is 6.53. The zero-order valence-corrected chi connectivity index (χ0v) is 8.15. The summed E-state index contributed by atoms with van der Waals surface area (Å²) in [5, 5.41) is 0. The molecule has 0 aromatic heterocycles. The summed E-state index contributed by atoms with van der Waals surface area (Å²) in [6, 6.07) is 0.197. The molecule has 0 aromatic carbocycles. The maximum atomic E-state index is 4.38. The van der Waals surface area contributed by atoms with Crippen LogP contribution in [0.3, 0.4) is 0 Å². The number of rotatable bonds is 0. The third-order valence-electron chi connectivity index (χ3n) is 2.23. The Morgan fingerprint density at radius 3 is 2.77 bits per heavy atom. The second-order valence-corrected chi connectivity index (χ2v) is 4.41. The quantitative estimate of drug-likeness (QED) is 0.539. The van der Waals surface area contributed by atoms with E-state index in [9.17, 15) is 0 Å². The zero-order chi connectivity index (χ0) is 9.47. The van der Waals surface area contributed by atoms with Crippen LogP contribution in [0.15, 0.2) is 26.8 Å². The van der Waals surface area contributed by atoms with Gasteiger partial charge in [0.25, 0.3) is 0 Å². The standard InChI is InChI=1S/C10H13N3/c1-10(2,3)9-7-4-11-5-8(7)12-6-13-9/h4-6,9H,1-3H3. The van der Waals surface area contributed by atoms with Crippen LogP contribution in [0.4, 0.5) is 0 Å². The van der Waals surface area contributed by atoms with Crippen LogP contribution in [0.25, 0.3) is 0 Å². The van der Waals surface area contributed by atoms with Gasteiger partial charge in [-0.05, 0) is 5.41 Å². The van der Waals surface area contributed by atoms with Gasteiger partial charge in [-0.2, -0.15) is 0 Å². The first kappa shape index (κ1) is 8.35. The molecule has 2 heterocycles. The van der Waals surface area contributed by atoms with Gasteiger partial charge in [0.1, 0.15) is 6.34 Å². The van der Waals surface area contributed by atoms with E-state index in [0.717, 1.165) is 11.3 Å². The molecule has 0 amide bonds. The highest BCUT2D eigenvalue weighted by Gasteiger charge is 2.32. The van der Waals surface area contributed by atoms with Gasteiger partial charge in [0.15, 0.2) is 0 Å². The van der Waals surface area contributed by atoms with Crippen molar-refractivity contribution in [1.29, 1.82) is 0 Å². The maximum Gasteiger partial charge on any atom is 0.111 e. The summed E-state index contributed by atoms with van der Waals surface area (Å²) >= 11 is 0. The van der Waals surface area contributed by atoms with Crippen LogP contribution in [0, 0.1) is 5.41 Å². The molecule has 68 valence electrons. The Morgan fingerprint density at radius 2 is 2.08 bits per heavy atom. The van der Waals surface area contributed by atoms with Gasteiger partial charge in [-0.15, -0.1) is 0 Å². The predicted octanol–water partition coefficient (Wildman–Crippen LogP) is 1.85. The lowest BCUT2D eigenvalue weighted by molar-refractivity contribution is 0.361. The Kier molecular flexibility index (Phi) is 1.68. The van der Waals surface area contributed by atoms with Crippen LogP contribution in [0.2, 0.25) is 0 Å². The molecule has 13 heavy (non-hydrogen) atoms. The van der Waals surface area contributed by atoms with Crippen molar-refractivity contribution in [1.82, 2.24) is 0 Å². The highest BCUT2D eigenvalue weighted by atomic mass is 15.0. The molecule has 0 saturated carbocycles. The average molecular weight is 175 g/mol. The second kappa shape index (κ2) is 2.62. The molecule has 0 saturated heterocycles. The SMILES string of the molecule is CC(C)(C)C1N=CN=C2C=NC=C21. The molecule has 0 N–H and O–H groups in total. The van der Waals surface area contributed by atoms with Crippen molar-refractivity contribution >= 4 is 18.3 Å². The Labute approximate surface area is 78.0 Å². The van der Waals surface area contributed by atoms with Crippen LogP contribution < -0.4 is 0 Å². The molecule has 1 atom stereocenters. The molecular weight excluding hydrogens is 162 g/mol. The number of fused-ring (bicyclic) bond motifs is 1.